The fourth-order valence-corrected chi connectivity index (χ4v) is 2.09. The van der Waals surface area contributed by atoms with Crippen LogP contribution in [0.25, 0.3) is 0 Å². The average Bonchev–Trinajstić information content (AvgIpc) is 2.48. The highest BCUT2D eigenvalue weighted by atomic mass is 16.4. The Morgan fingerprint density at radius 2 is 2.40 bits per heavy atom. The van der Waals surface area contributed by atoms with Gasteiger partial charge in [0.25, 0.3) is 0 Å². The smallest absolute Gasteiger partial charge is 0.311 e. The predicted octanol–water partition coefficient (Wildman–Crippen LogP) is 0.675. The third-order valence-electron chi connectivity index (χ3n) is 3.31. The van der Waals surface area contributed by atoms with Gasteiger partial charge in [-0.3, -0.25) is 4.79 Å². The summed E-state index contributed by atoms with van der Waals surface area (Å²) in [6.45, 7) is 0. The molecular formula is C10H15N3O2. The molecule has 0 amide bonds. The molecule has 5 heteroatoms. The molecule has 1 aliphatic carbocycles. The van der Waals surface area contributed by atoms with Crippen molar-refractivity contribution >= 4 is 5.97 Å². The molecule has 1 atom stereocenters. The molecule has 0 aliphatic heterocycles. The van der Waals surface area contributed by atoms with Gasteiger partial charge in [0.05, 0.1) is 23.5 Å². The number of hydrogen-bond donors (Lipinski definition) is 2. The Balaban J connectivity index is 2.26. The van der Waals surface area contributed by atoms with Crippen molar-refractivity contribution in [1.29, 1.82) is 0 Å². The third kappa shape index (κ3) is 1.43. The van der Waals surface area contributed by atoms with E-state index in [1.807, 2.05) is 7.05 Å². The minimum absolute atomic E-state index is 0.495. The Labute approximate surface area is 87.9 Å². The van der Waals surface area contributed by atoms with Crippen LogP contribution in [-0.2, 0) is 11.8 Å². The van der Waals surface area contributed by atoms with Gasteiger partial charge in [-0.2, -0.15) is 0 Å². The number of aryl methyl sites for hydroxylation is 1. The van der Waals surface area contributed by atoms with E-state index in [1.54, 1.807) is 17.1 Å². The van der Waals surface area contributed by atoms with Crippen LogP contribution in [0.4, 0.5) is 0 Å². The predicted molar refractivity (Wildman–Crippen MR) is 54.1 cm³/mol. The van der Waals surface area contributed by atoms with Crippen LogP contribution in [0, 0.1) is 5.41 Å². The van der Waals surface area contributed by atoms with Gasteiger partial charge in [0.1, 0.15) is 0 Å². The average molecular weight is 209 g/mol. The molecule has 1 aromatic heterocycles. The van der Waals surface area contributed by atoms with Gasteiger partial charge in [0.15, 0.2) is 0 Å². The number of carboxylic acid groups (broad SMARTS) is 1. The summed E-state index contributed by atoms with van der Waals surface area (Å²) in [6, 6.07) is -0.495. The molecule has 0 saturated heterocycles. The largest absolute Gasteiger partial charge is 0.481 e. The van der Waals surface area contributed by atoms with Crippen molar-refractivity contribution in [2.24, 2.45) is 18.2 Å². The summed E-state index contributed by atoms with van der Waals surface area (Å²) in [5.74, 6) is -0.799. The summed E-state index contributed by atoms with van der Waals surface area (Å²) in [6.07, 6.45) is 5.67. The molecule has 0 spiro atoms. The maximum Gasteiger partial charge on any atom is 0.311 e. The van der Waals surface area contributed by atoms with Gasteiger partial charge in [-0.05, 0) is 12.8 Å². The van der Waals surface area contributed by atoms with E-state index < -0.39 is 17.4 Å². The lowest BCUT2D eigenvalue weighted by molar-refractivity contribution is -0.156. The van der Waals surface area contributed by atoms with E-state index >= 15 is 0 Å². The zero-order valence-electron chi connectivity index (χ0n) is 8.68. The van der Waals surface area contributed by atoms with Gasteiger partial charge in [-0.1, -0.05) is 6.42 Å². The standard InChI is InChI=1S/C10H15N3O2/c1-13-5-7(12-6-13)8(11)10(9(14)15)3-2-4-10/h5-6,8H,2-4,11H2,1H3,(H,14,15). The molecule has 2 rings (SSSR count). The van der Waals surface area contributed by atoms with Crippen LogP contribution in [0.3, 0.4) is 0 Å². The van der Waals surface area contributed by atoms with Crippen molar-refractivity contribution in [3.05, 3.63) is 18.2 Å². The van der Waals surface area contributed by atoms with E-state index in [9.17, 15) is 9.90 Å². The van der Waals surface area contributed by atoms with Gasteiger partial charge in [0.2, 0.25) is 0 Å². The molecule has 15 heavy (non-hydrogen) atoms. The Morgan fingerprint density at radius 1 is 1.73 bits per heavy atom. The van der Waals surface area contributed by atoms with Crippen molar-refractivity contribution < 1.29 is 9.90 Å². The molecule has 1 heterocycles. The molecule has 1 aliphatic rings. The number of nitrogens with two attached hydrogens (primary N) is 1. The first-order chi connectivity index (χ1) is 7.06. The fourth-order valence-electron chi connectivity index (χ4n) is 2.09. The number of rotatable bonds is 3. The van der Waals surface area contributed by atoms with Gasteiger partial charge < -0.3 is 15.4 Å². The lowest BCUT2D eigenvalue weighted by Gasteiger charge is -2.41. The summed E-state index contributed by atoms with van der Waals surface area (Å²) in [7, 11) is 1.84. The zero-order valence-corrected chi connectivity index (χ0v) is 8.68. The fraction of sp³-hybridized carbons (Fsp3) is 0.600. The highest BCUT2D eigenvalue weighted by Gasteiger charge is 2.50. The molecular weight excluding hydrogens is 194 g/mol. The first-order valence-electron chi connectivity index (χ1n) is 5.03. The maximum absolute atomic E-state index is 11.2. The normalized spacial score (nSPS) is 20.7. The summed E-state index contributed by atoms with van der Waals surface area (Å²) in [4.78, 5) is 15.3. The van der Waals surface area contributed by atoms with Gasteiger partial charge >= 0.3 is 5.97 Å². The van der Waals surface area contributed by atoms with E-state index in [0.717, 1.165) is 6.42 Å². The zero-order chi connectivity index (χ0) is 11.1. The highest BCUT2D eigenvalue weighted by molar-refractivity contribution is 5.77. The number of hydrogen-bond acceptors (Lipinski definition) is 3. The SMILES string of the molecule is Cn1cnc(C(N)C2(C(=O)O)CCC2)c1. The van der Waals surface area contributed by atoms with Crippen molar-refractivity contribution in [2.75, 3.05) is 0 Å². The molecule has 1 fully saturated rings. The molecule has 0 bridgehead atoms. The summed E-state index contributed by atoms with van der Waals surface area (Å²) in [5.41, 5.74) is 5.88. The second-order valence-electron chi connectivity index (χ2n) is 4.26. The maximum atomic E-state index is 11.2. The quantitative estimate of drug-likeness (QED) is 0.766. The van der Waals surface area contributed by atoms with Crippen LogP contribution < -0.4 is 5.73 Å². The van der Waals surface area contributed by atoms with Crippen molar-refractivity contribution in [1.82, 2.24) is 9.55 Å². The lowest BCUT2D eigenvalue weighted by Crippen LogP contribution is -2.46. The number of carboxylic acids is 1. The van der Waals surface area contributed by atoms with Crippen LogP contribution in [-0.4, -0.2) is 20.6 Å². The van der Waals surface area contributed by atoms with Crippen LogP contribution >= 0.6 is 0 Å². The topological polar surface area (TPSA) is 81.1 Å². The Kier molecular flexibility index (Phi) is 2.26. The van der Waals surface area contributed by atoms with Gasteiger partial charge in [-0.15, -0.1) is 0 Å². The highest BCUT2D eigenvalue weighted by Crippen LogP contribution is 2.48. The summed E-state index contributed by atoms with van der Waals surface area (Å²) < 4.78 is 1.78. The Morgan fingerprint density at radius 3 is 2.73 bits per heavy atom. The first kappa shape index (κ1) is 10.2. The molecule has 0 aromatic carbocycles. The van der Waals surface area contributed by atoms with Crippen molar-refractivity contribution in [2.45, 2.75) is 25.3 Å². The van der Waals surface area contributed by atoms with E-state index in [2.05, 4.69) is 4.98 Å². The number of aliphatic carboxylic acids is 1. The molecule has 0 radical (unpaired) electrons. The van der Waals surface area contributed by atoms with Gasteiger partial charge in [0, 0.05) is 13.2 Å². The molecule has 3 N–H and O–H groups in total. The molecule has 82 valence electrons. The number of aromatic nitrogens is 2. The van der Waals surface area contributed by atoms with E-state index in [0.29, 0.717) is 18.5 Å². The number of carbonyl (C=O) groups is 1. The minimum atomic E-state index is -0.799. The van der Waals surface area contributed by atoms with Crippen LogP contribution in [0.15, 0.2) is 12.5 Å². The molecule has 1 saturated carbocycles. The van der Waals surface area contributed by atoms with Crippen molar-refractivity contribution in [3.8, 4) is 0 Å². The van der Waals surface area contributed by atoms with E-state index in [1.165, 1.54) is 0 Å². The monoisotopic (exact) mass is 209 g/mol. The molecule has 5 nitrogen and oxygen atoms in total. The lowest BCUT2D eigenvalue weighted by atomic mass is 9.63. The van der Waals surface area contributed by atoms with E-state index in [4.69, 9.17) is 5.73 Å². The Hall–Kier alpha value is -1.36. The van der Waals surface area contributed by atoms with Crippen LogP contribution in [0.1, 0.15) is 31.0 Å². The molecule has 1 aromatic rings. The first-order valence-corrected chi connectivity index (χ1v) is 5.03. The second-order valence-corrected chi connectivity index (χ2v) is 4.26. The third-order valence-corrected chi connectivity index (χ3v) is 3.31. The van der Waals surface area contributed by atoms with Crippen molar-refractivity contribution in [3.63, 3.8) is 0 Å². The van der Waals surface area contributed by atoms with Crippen LogP contribution in [0.5, 0.6) is 0 Å². The van der Waals surface area contributed by atoms with Gasteiger partial charge in [-0.25, -0.2) is 4.98 Å². The minimum Gasteiger partial charge on any atom is -0.481 e. The van der Waals surface area contributed by atoms with Crippen LogP contribution in [0.2, 0.25) is 0 Å². The molecule has 1 unspecified atom stereocenters. The summed E-state index contributed by atoms with van der Waals surface area (Å²) in [5, 5.41) is 9.21. The Bertz CT molecular complexity index is 382. The number of imidazole rings is 1. The summed E-state index contributed by atoms with van der Waals surface area (Å²) >= 11 is 0. The van der Waals surface area contributed by atoms with E-state index in [-0.39, 0.29) is 0 Å². The second kappa shape index (κ2) is 3.34. The number of nitrogens with zero attached hydrogens (tertiary/aromatic N) is 2.